The summed E-state index contributed by atoms with van der Waals surface area (Å²) in [5.74, 6) is 0.0620. The van der Waals surface area contributed by atoms with Crippen LogP contribution in [0.5, 0.6) is 0 Å². The summed E-state index contributed by atoms with van der Waals surface area (Å²) in [6.07, 6.45) is 3.53. The summed E-state index contributed by atoms with van der Waals surface area (Å²) in [6.45, 7) is 0. The number of H-pyrrole nitrogens is 1. The Morgan fingerprint density at radius 2 is 1.72 bits per heavy atom. The average Bonchev–Trinajstić information content (AvgIpc) is 3.36. The molecule has 0 atom stereocenters. The Labute approximate surface area is 167 Å². The van der Waals surface area contributed by atoms with Gasteiger partial charge in [-0.2, -0.15) is 20.7 Å². The van der Waals surface area contributed by atoms with Crippen LogP contribution in [0.25, 0.3) is 28.6 Å². The Hall–Kier alpha value is -4.62. The fourth-order valence-corrected chi connectivity index (χ4v) is 3.01. The molecule has 7 nitrogen and oxygen atoms in total. The zero-order chi connectivity index (χ0) is 20.2. The smallest absolute Gasteiger partial charge is 0.163 e. The van der Waals surface area contributed by atoms with Gasteiger partial charge in [0.25, 0.3) is 0 Å². The van der Waals surface area contributed by atoms with Crippen molar-refractivity contribution in [1.82, 2.24) is 20.0 Å². The van der Waals surface area contributed by atoms with Crippen LogP contribution in [-0.4, -0.2) is 20.0 Å². The Balaban J connectivity index is 1.90. The molecule has 0 fully saturated rings. The third-order valence-corrected chi connectivity index (χ3v) is 4.41. The van der Waals surface area contributed by atoms with Crippen molar-refractivity contribution < 1.29 is 0 Å². The number of aromatic nitrogens is 4. The van der Waals surface area contributed by atoms with Crippen LogP contribution in [0.3, 0.4) is 0 Å². The zero-order valence-corrected chi connectivity index (χ0v) is 15.2. The second kappa shape index (κ2) is 7.55. The Morgan fingerprint density at radius 3 is 2.38 bits per heavy atom. The molecule has 0 aliphatic carbocycles. The Kier molecular flexibility index (Phi) is 4.63. The van der Waals surface area contributed by atoms with Crippen LogP contribution in [0.2, 0.25) is 0 Å². The molecule has 0 aliphatic heterocycles. The number of hydrogen-bond acceptors (Lipinski definition) is 5. The molecule has 138 valence electrons. The van der Waals surface area contributed by atoms with E-state index in [2.05, 4.69) is 16.3 Å². The summed E-state index contributed by atoms with van der Waals surface area (Å²) >= 11 is 0. The molecule has 0 aliphatic rings. The average molecular weight is 377 g/mol. The lowest BCUT2D eigenvalue weighted by atomic mass is 10.0. The Bertz CT molecular complexity index is 1270. The molecular weight excluding hydrogens is 362 g/mol. The van der Waals surface area contributed by atoms with Crippen molar-refractivity contribution in [2.45, 2.75) is 0 Å². The first-order chi connectivity index (χ1) is 14.2. The predicted octanol–water partition coefficient (Wildman–Crippen LogP) is 3.78. The molecule has 0 amide bonds. The first kappa shape index (κ1) is 17.8. The number of hydrogen-bond donors (Lipinski definition) is 2. The van der Waals surface area contributed by atoms with Crippen molar-refractivity contribution in [3.05, 3.63) is 83.7 Å². The Morgan fingerprint density at radius 1 is 1.03 bits per heavy atom. The highest BCUT2D eigenvalue weighted by Crippen LogP contribution is 2.28. The van der Waals surface area contributed by atoms with E-state index in [1.807, 2.05) is 72.9 Å². The molecule has 0 unspecified atom stereocenters. The van der Waals surface area contributed by atoms with Crippen molar-refractivity contribution in [1.29, 1.82) is 10.5 Å². The van der Waals surface area contributed by atoms with Crippen molar-refractivity contribution in [3.8, 4) is 29.1 Å². The number of nitrogens with zero attached hydrogens (tertiary/aromatic N) is 5. The largest absolute Gasteiger partial charge is 0.381 e. The van der Waals surface area contributed by atoms with Crippen LogP contribution in [0.1, 0.15) is 16.8 Å². The number of para-hydroxylation sites is 1. The number of rotatable bonds is 4. The number of nitrogens with one attached hydrogen (secondary N) is 1. The number of allylic oxidation sites excluding steroid dienone is 1. The molecule has 0 saturated heterocycles. The summed E-state index contributed by atoms with van der Waals surface area (Å²) in [5.41, 5.74) is 9.66. The van der Waals surface area contributed by atoms with Crippen LogP contribution in [0.4, 0.5) is 5.82 Å². The number of benzene rings is 2. The van der Waals surface area contributed by atoms with Gasteiger partial charge in [-0.15, -0.1) is 0 Å². The molecule has 4 aromatic rings. The summed E-state index contributed by atoms with van der Waals surface area (Å²) in [7, 11) is 0. The highest BCUT2D eigenvalue weighted by molar-refractivity contribution is 5.93. The molecule has 29 heavy (non-hydrogen) atoms. The minimum atomic E-state index is 0.0620. The standard InChI is InChI=1S/C22H15N7/c23-12-16(21-19(13-24)22(25)27-26-21)11-17-14-29(18-9-5-2-6-10-18)28-20(17)15-7-3-1-4-8-15/h1-11,14H,(H3,25,26,27). The predicted molar refractivity (Wildman–Crippen MR) is 110 cm³/mol. The van der Waals surface area contributed by atoms with Crippen LogP contribution in [0.15, 0.2) is 66.9 Å². The third kappa shape index (κ3) is 3.36. The van der Waals surface area contributed by atoms with Crippen molar-refractivity contribution >= 4 is 17.5 Å². The SMILES string of the molecule is N#CC(=Cc1cn(-c2ccccc2)nc1-c1ccccc1)c1[nH]nc(N)c1C#N. The maximum atomic E-state index is 9.71. The molecular formula is C22H15N7. The van der Waals surface area contributed by atoms with E-state index >= 15 is 0 Å². The third-order valence-electron chi connectivity index (χ3n) is 4.41. The lowest BCUT2D eigenvalue weighted by molar-refractivity contribution is 0.884. The molecule has 0 spiro atoms. The maximum absolute atomic E-state index is 9.71. The van der Waals surface area contributed by atoms with Gasteiger partial charge in [0.05, 0.1) is 22.6 Å². The molecule has 7 heteroatoms. The van der Waals surface area contributed by atoms with Gasteiger partial charge in [-0.3, -0.25) is 5.10 Å². The van der Waals surface area contributed by atoms with Gasteiger partial charge in [-0.05, 0) is 18.2 Å². The highest BCUT2D eigenvalue weighted by Gasteiger charge is 2.17. The lowest BCUT2D eigenvalue weighted by Crippen LogP contribution is -1.93. The van der Waals surface area contributed by atoms with Crippen molar-refractivity contribution in [2.75, 3.05) is 5.73 Å². The van der Waals surface area contributed by atoms with Gasteiger partial charge >= 0.3 is 0 Å². The number of anilines is 1. The minimum absolute atomic E-state index is 0.0620. The van der Waals surface area contributed by atoms with Gasteiger partial charge in [0.2, 0.25) is 0 Å². The first-order valence-corrected chi connectivity index (χ1v) is 8.78. The molecule has 2 aromatic heterocycles. The minimum Gasteiger partial charge on any atom is -0.381 e. The highest BCUT2D eigenvalue weighted by atomic mass is 15.3. The van der Waals surface area contributed by atoms with E-state index in [0.717, 1.165) is 16.8 Å². The van der Waals surface area contributed by atoms with E-state index in [4.69, 9.17) is 10.8 Å². The number of nitrogen functional groups attached to an aromatic ring is 1. The van der Waals surface area contributed by atoms with E-state index in [1.165, 1.54) is 0 Å². The van der Waals surface area contributed by atoms with Gasteiger partial charge in [0, 0.05) is 17.3 Å². The van der Waals surface area contributed by atoms with Crippen LogP contribution < -0.4 is 5.73 Å². The maximum Gasteiger partial charge on any atom is 0.163 e. The molecule has 2 aromatic carbocycles. The molecule has 3 N–H and O–H groups in total. The second-order valence-electron chi connectivity index (χ2n) is 6.22. The number of nitriles is 2. The van der Waals surface area contributed by atoms with E-state index in [1.54, 1.807) is 10.8 Å². The van der Waals surface area contributed by atoms with Gasteiger partial charge in [0.1, 0.15) is 17.7 Å². The molecule has 0 bridgehead atoms. The molecule has 2 heterocycles. The fourth-order valence-electron chi connectivity index (χ4n) is 3.01. The second-order valence-corrected chi connectivity index (χ2v) is 6.22. The molecule has 0 radical (unpaired) electrons. The lowest BCUT2D eigenvalue weighted by Gasteiger charge is -2.00. The van der Waals surface area contributed by atoms with E-state index in [-0.39, 0.29) is 17.0 Å². The fraction of sp³-hybridized carbons (Fsp3) is 0. The normalized spacial score (nSPS) is 11.0. The van der Waals surface area contributed by atoms with E-state index in [0.29, 0.717) is 11.4 Å². The van der Waals surface area contributed by atoms with Gasteiger partial charge < -0.3 is 5.73 Å². The number of nitrogens with two attached hydrogens (primary N) is 1. The van der Waals surface area contributed by atoms with Gasteiger partial charge in [-0.25, -0.2) is 4.68 Å². The number of aromatic amines is 1. The molecule has 0 saturated carbocycles. The van der Waals surface area contributed by atoms with Crippen molar-refractivity contribution in [3.63, 3.8) is 0 Å². The van der Waals surface area contributed by atoms with E-state index in [9.17, 15) is 10.5 Å². The molecule has 4 rings (SSSR count). The van der Waals surface area contributed by atoms with Gasteiger partial charge in [0.15, 0.2) is 5.82 Å². The van der Waals surface area contributed by atoms with E-state index < -0.39 is 0 Å². The van der Waals surface area contributed by atoms with Crippen LogP contribution >= 0.6 is 0 Å². The monoisotopic (exact) mass is 377 g/mol. The summed E-state index contributed by atoms with van der Waals surface area (Å²) < 4.78 is 1.76. The topological polar surface area (TPSA) is 120 Å². The van der Waals surface area contributed by atoms with Crippen LogP contribution in [-0.2, 0) is 0 Å². The zero-order valence-electron chi connectivity index (χ0n) is 15.2. The first-order valence-electron chi connectivity index (χ1n) is 8.78. The van der Waals surface area contributed by atoms with Crippen LogP contribution in [0, 0.1) is 22.7 Å². The quantitative estimate of drug-likeness (QED) is 0.524. The van der Waals surface area contributed by atoms with Crippen molar-refractivity contribution in [2.24, 2.45) is 0 Å². The summed E-state index contributed by atoms with van der Waals surface area (Å²) in [4.78, 5) is 0. The summed E-state index contributed by atoms with van der Waals surface area (Å²) in [5, 5.41) is 30.3. The summed E-state index contributed by atoms with van der Waals surface area (Å²) in [6, 6.07) is 23.5. The van der Waals surface area contributed by atoms with Gasteiger partial charge in [-0.1, -0.05) is 48.5 Å².